The van der Waals surface area contributed by atoms with Crippen LogP contribution in [0.4, 0.5) is 0 Å². The van der Waals surface area contributed by atoms with Gasteiger partial charge in [0, 0.05) is 23.6 Å². The molecule has 0 aromatic carbocycles. The lowest BCUT2D eigenvalue weighted by Crippen LogP contribution is -2.15. The zero-order valence-electron chi connectivity index (χ0n) is 7.86. The molecule has 0 radical (unpaired) electrons. The molecular weight excluding hydrogens is 228 g/mol. The van der Waals surface area contributed by atoms with Crippen LogP contribution >= 0.6 is 10.7 Å². The first-order valence-electron chi connectivity index (χ1n) is 3.90. The lowest BCUT2D eigenvalue weighted by atomic mass is 10.4. The zero-order valence-corrected chi connectivity index (χ0v) is 9.43. The predicted octanol–water partition coefficient (Wildman–Crippen LogP) is -0.164. The third-order valence-corrected chi connectivity index (χ3v) is 2.56. The van der Waals surface area contributed by atoms with E-state index in [-0.39, 0.29) is 5.16 Å². The van der Waals surface area contributed by atoms with Crippen molar-refractivity contribution < 1.29 is 8.42 Å². The van der Waals surface area contributed by atoms with Gasteiger partial charge in [0.25, 0.3) is 14.2 Å². The van der Waals surface area contributed by atoms with Crippen LogP contribution < -0.4 is 0 Å². The summed E-state index contributed by atoms with van der Waals surface area (Å²) < 4.78 is 21.6. The van der Waals surface area contributed by atoms with E-state index in [1.54, 1.807) is 0 Å². The van der Waals surface area contributed by atoms with Gasteiger partial charge in [-0.05, 0) is 14.1 Å². The van der Waals surface area contributed by atoms with Crippen LogP contribution in [0.3, 0.4) is 0 Å². The molecule has 8 heteroatoms. The first-order chi connectivity index (χ1) is 6.39. The summed E-state index contributed by atoms with van der Waals surface area (Å²) in [4.78, 5) is 5.70. The van der Waals surface area contributed by atoms with Crippen LogP contribution in [0.5, 0.6) is 0 Å². The standard InChI is InChI=1S/C6H11ClN4O2S/c1-11(2)4-3-5-8-6(10-9-5)14(7,12)13/h3-4H2,1-2H3,(H,8,9,10). The smallest absolute Gasteiger partial charge is 0.298 e. The highest BCUT2D eigenvalue weighted by atomic mass is 35.7. The van der Waals surface area contributed by atoms with Crippen LogP contribution in [-0.4, -0.2) is 49.1 Å². The Hall–Kier alpha value is -0.660. The number of rotatable bonds is 4. The van der Waals surface area contributed by atoms with Crippen LogP contribution in [0.1, 0.15) is 5.82 Å². The van der Waals surface area contributed by atoms with Gasteiger partial charge in [0.2, 0.25) is 0 Å². The summed E-state index contributed by atoms with van der Waals surface area (Å²) in [6.07, 6.45) is 0.604. The maximum absolute atomic E-state index is 10.8. The number of likely N-dealkylation sites (N-methyl/N-ethyl adjacent to an activating group) is 1. The average molecular weight is 239 g/mol. The molecular formula is C6H11ClN4O2S. The van der Waals surface area contributed by atoms with Gasteiger partial charge in [-0.2, -0.15) is 0 Å². The fourth-order valence-electron chi connectivity index (χ4n) is 0.828. The highest BCUT2D eigenvalue weighted by Gasteiger charge is 2.16. The number of hydrogen-bond acceptors (Lipinski definition) is 5. The second-order valence-electron chi connectivity index (χ2n) is 3.06. The minimum Gasteiger partial charge on any atom is -0.309 e. The van der Waals surface area contributed by atoms with Crippen molar-refractivity contribution in [1.29, 1.82) is 0 Å². The fraction of sp³-hybridized carbons (Fsp3) is 0.667. The van der Waals surface area contributed by atoms with Gasteiger partial charge < -0.3 is 4.90 Å². The van der Waals surface area contributed by atoms with Gasteiger partial charge in [-0.15, -0.1) is 5.10 Å². The molecule has 0 amide bonds. The largest absolute Gasteiger partial charge is 0.309 e. The summed E-state index contributed by atoms with van der Waals surface area (Å²) in [7, 11) is 5.06. The van der Waals surface area contributed by atoms with Crippen LogP contribution in [-0.2, 0) is 15.5 Å². The normalized spacial score (nSPS) is 12.3. The SMILES string of the molecule is CN(C)CCc1nc(S(=O)(=O)Cl)n[nH]1. The van der Waals surface area contributed by atoms with Gasteiger partial charge in [-0.25, -0.2) is 13.4 Å². The fourth-order valence-corrected chi connectivity index (χ4v) is 1.41. The van der Waals surface area contributed by atoms with Crippen LogP contribution in [0.25, 0.3) is 0 Å². The molecule has 1 heterocycles. The molecule has 1 aromatic heterocycles. The number of halogens is 1. The first-order valence-corrected chi connectivity index (χ1v) is 6.21. The van der Waals surface area contributed by atoms with E-state index in [9.17, 15) is 8.42 Å². The Morgan fingerprint density at radius 3 is 2.57 bits per heavy atom. The van der Waals surface area contributed by atoms with Crippen molar-refractivity contribution in [2.45, 2.75) is 11.6 Å². The van der Waals surface area contributed by atoms with Gasteiger partial charge >= 0.3 is 0 Å². The molecule has 0 aliphatic rings. The summed E-state index contributed by atoms with van der Waals surface area (Å²) >= 11 is 0. The molecule has 0 saturated carbocycles. The molecule has 1 aromatic rings. The Labute approximate surface area is 86.7 Å². The van der Waals surface area contributed by atoms with Crippen molar-refractivity contribution in [3.63, 3.8) is 0 Å². The molecule has 0 fully saturated rings. The minimum absolute atomic E-state index is 0.368. The Morgan fingerprint density at radius 2 is 2.14 bits per heavy atom. The molecule has 0 spiro atoms. The van der Waals surface area contributed by atoms with Crippen molar-refractivity contribution in [3.8, 4) is 0 Å². The zero-order chi connectivity index (χ0) is 10.8. The van der Waals surface area contributed by atoms with Gasteiger partial charge in [-0.1, -0.05) is 0 Å². The van der Waals surface area contributed by atoms with E-state index in [1.807, 2.05) is 19.0 Å². The van der Waals surface area contributed by atoms with E-state index >= 15 is 0 Å². The monoisotopic (exact) mass is 238 g/mol. The highest BCUT2D eigenvalue weighted by Crippen LogP contribution is 2.08. The Morgan fingerprint density at radius 1 is 1.50 bits per heavy atom. The third-order valence-electron chi connectivity index (χ3n) is 1.53. The lowest BCUT2D eigenvalue weighted by molar-refractivity contribution is 0.409. The highest BCUT2D eigenvalue weighted by molar-refractivity contribution is 8.13. The van der Waals surface area contributed by atoms with E-state index in [1.165, 1.54) is 0 Å². The third kappa shape index (κ3) is 3.24. The van der Waals surface area contributed by atoms with Crippen molar-refractivity contribution >= 4 is 19.7 Å². The van der Waals surface area contributed by atoms with Crippen molar-refractivity contribution in [1.82, 2.24) is 20.1 Å². The number of hydrogen-bond donors (Lipinski definition) is 1. The quantitative estimate of drug-likeness (QED) is 0.738. The van der Waals surface area contributed by atoms with E-state index in [0.29, 0.717) is 12.2 Å². The molecule has 0 saturated heterocycles. The number of nitrogens with zero attached hydrogens (tertiary/aromatic N) is 3. The lowest BCUT2D eigenvalue weighted by Gasteiger charge is -2.05. The van der Waals surface area contributed by atoms with Gasteiger partial charge in [0.05, 0.1) is 0 Å². The summed E-state index contributed by atoms with van der Waals surface area (Å²) in [5, 5.41) is 5.64. The molecule has 80 valence electrons. The Balaban J connectivity index is 2.70. The topological polar surface area (TPSA) is 79.0 Å². The maximum atomic E-state index is 10.8. The van der Waals surface area contributed by atoms with Crippen molar-refractivity contribution in [3.05, 3.63) is 5.82 Å². The summed E-state index contributed by atoms with van der Waals surface area (Å²) in [5.74, 6) is 0.512. The first kappa shape index (κ1) is 11.4. The van der Waals surface area contributed by atoms with Crippen molar-refractivity contribution in [2.24, 2.45) is 0 Å². The van der Waals surface area contributed by atoms with E-state index in [2.05, 4.69) is 15.2 Å². The molecule has 0 aliphatic carbocycles. The Kier molecular flexibility index (Phi) is 3.46. The summed E-state index contributed by atoms with van der Waals surface area (Å²) in [6.45, 7) is 0.761. The van der Waals surface area contributed by atoms with Gasteiger partial charge in [-0.3, -0.25) is 5.10 Å². The predicted molar refractivity (Wildman–Crippen MR) is 51.7 cm³/mol. The molecule has 1 rings (SSSR count). The number of H-pyrrole nitrogens is 1. The molecule has 0 bridgehead atoms. The molecule has 0 aliphatic heterocycles. The van der Waals surface area contributed by atoms with Gasteiger partial charge in [0.15, 0.2) is 0 Å². The molecule has 14 heavy (non-hydrogen) atoms. The van der Waals surface area contributed by atoms with Gasteiger partial charge in [0.1, 0.15) is 5.82 Å². The van der Waals surface area contributed by atoms with E-state index in [0.717, 1.165) is 6.54 Å². The summed E-state index contributed by atoms with van der Waals surface area (Å²) in [5.41, 5.74) is 0. The van der Waals surface area contributed by atoms with Crippen LogP contribution in [0.15, 0.2) is 5.16 Å². The second kappa shape index (κ2) is 4.24. The molecule has 0 atom stereocenters. The summed E-state index contributed by atoms with van der Waals surface area (Å²) in [6, 6.07) is 0. The minimum atomic E-state index is -3.82. The van der Waals surface area contributed by atoms with Crippen LogP contribution in [0.2, 0.25) is 0 Å². The molecule has 6 nitrogen and oxygen atoms in total. The van der Waals surface area contributed by atoms with Crippen LogP contribution in [0, 0.1) is 0 Å². The second-order valence-corrected chi connectivity index (χ2v) is 5.52. The van der Waals surface area contributed by atoms with E-state index < -0.39 is 9.05 Å². The maximum Gasteiger partial charge on any atom is 0.298 e. The number of aromatic amines is 1. The van der Waals surface area contributed by atoms with Crippen molar-refractivity contribution in [2.75, 3.05) is 20.6 Å². The molecule has 1 N–H and O–H groups in total. The van der Waals surface area contributed by atoms with E-state index in [4.69, 9.17) is 10.7 Å². The average Bonchev–Trinajstić information content (AvgIpc) is 2.47. The number of aromatic nitrogens is 3. The molecule has 0 unspecified atom stereocenters. The Bertz CT molecular complexity index is 400. The number of nitrogens with one attached hydrogen (secondary N) is 1.